The summed E-state index contributed by atoms with van der Waals surface area (Å²) in [5.74, 6) is -0.481. The second-order valence-corrected chi connectivity index (χ2v) is 7.11. The number of rotatable bonds is 5. The van der Waals surface area contributed by atoms with Crippen LogP contribution < -0.4 is 0 Å². The van der Waals surface area contributed by atoms with Crippen LogP contribution in [0.4, 0.5) is 8.78 Å². The van der Waals surface area contributed by atoms with Crippen molar-refractivity contribution >= 4 is 11.3 Å². The van der Waals surface area contributed by atoms with Crippen molar-refractivity contribution in [2.24, 2.45) is 5.92 Å². The summed E-state index contributed by atoms with van der Waals surface area (Å²) in [5.41, 5.74) is 1.93. The molecule has 2 aromatic rings. The van der Waals surface area contributed by atoms with Gasteiger partial charge >= 0.3 is 0 Å². The van der Waals surface area contributed by atoms with E-state index in [-0.39, 0.29) is 0 Å². The summed E-state index contributed by atoms with van der Waals surface area (Å²) in [5, 5.41) is 3.24. The fourth-order valence-corrected chi connectivity index (χ4v) is 3.79. The van der Waals surface area contributed by atoms with Gasteiger partial charge in [0.15, 0.2) is 0 Å². The van der Waals surface area contributed by atoms with Crippen LogP contribution in [-0.2, 0) is 12.8 Å². The third-order valence-electron chi connectivity index (χ3n) is 4.17. The average Bonchev–Trinajstić information content (AvgIpc) is 3.04. The van der Waals surface area contributed by atoms with Crippen LogP contribution in [0, 0.1) is 24.5 Å². The van der Waals surface area contributed by atoms with Gasteiger partial charge in [-0.1, -0.05) is 0 Å². The molecule has 0 aliphatic carbocycles. The van der Waals surface area contributed by atoms with Gasteiger partial charge in [-0.3, -0.25) is 0 Å². The lowest BCUT2D eigenvalue weighted by molar-refractivity contribution is 0.327. The summed E-state index contributed by atoms with van der Waals surface area (Å²) >= 11 is 1.69. The Morgan fingerprint density at radius 3 is 2.73 bits per heavy atom. The van der Waals surface area contributed by atoms with Gasteiger partial charge in [-0.15, -0.1) is 11.3 Å². The van der Waals surface area contributed by atoms with Crippen molar-refractivity contribution in [1.29, 1.82) is 0 Å². The van der Waals surface area contributed by atoms with Gasteiger partial charge in [0.1, 0.15) is 11.6 Å². The molecule has 3 rings (SSSR count). The topological polar surface area (TPSA) is 16.1 Å². The molecule has 1 aliphatic rings. The maximum Gasteiger partial charge on any atom is 0.126 e. The summed E-state index contributed by atoms with van der Waals surface area (Å²) in [6, 6.07) is 3.83. The van der Waals surface area contributed by atoms with Gasteiger partial charge in [0, 0.05) is 31.0 Å². The monoisotopic (exact) mass is 322 g/mol. The number of aryl methyl sites for hydroxylation is 1. The van der Waals surface area contributed by atoms with Gasteiger partial charge in [0.05, 0.1) is 10.7 Å². The zero-order valence-electron chi connectivity index (χ0n) is 12.7. The Morgan fingerprint density at radius 2 is 2.05 bits per heavy atom. The Kier molecular flexibility index (Phi) is 4.84. The fraction of sp³-hybridized carbons (Fsp3) is 0.471. The molecular formula is C17H20F2N2S. The molecule has 118 valence electrons. The Morgan fingerprint density at radius 1 is 1.27 bits per heavy atom. The molecule has 1 aliphatic heterocycles. The Bertz CT molecular complexity index is 621. The molecule has 1 atom stereocenters. The molecule has 0 N–H and O–H groups in total. The van der Waals surface area contributed by atoms with Gasteiger partial charge in [0.25, 0.3) is 0 Å². The highest BCUT2D eigenvalue weighted by atomic mass is 32.1. The van der Waals surface area contributed by atoms with Crippen LogP contribution in [0.15, 0.2) is 23.6 Å². The summed E-state index contributed by atoms with van der Waals surface area (Å²) in [4.78, 5) is 6.91. The van der Waals surface area contributed by atoms with Crippen LogP contribution in [-0.4, -0.2) is 29.5 Å². The molecule has 1 aromatic carbocycles. The number of nitrogens with zero attached hydrogens (tertiary/aromatic N) is 2. The van der Waals surface area contributed by atoms with E-state index in [1.54, 1.807) is 11.3 Å². The lowest BCUT2D eigenvalue weighted by Crippen LogP contribution is -2.24. The highest BCUT2D eigenvalue weighted by molar-refractivity contribution is 7.09. The van der Waals surface area contributed by atoms with Crippen molar-refractivity contribution in [3.05, 3.63) is 51.5 Å². The van der Waals surface area contributed by atoms with Crippen molar-refractivity contribution in [1.82, 2.24) is 9.88 Å². The first-order chi connectivity index (χ1) is 10.6. The third-order valence-corrected chi connectivity index (χ3v) is 4.99. The van der Waals surface area contributed by atoms with Crippen LogP contribution in [0.5, 0.6) is 0 Å². The molecular weight excluding hydrogens is 302 g/mol. The second kappa shape index (κ2) is 6.84. The largest absolute Gasteiger partial charge is 0.303 e. The Labute approximate surface area is 133 Å². The normalized spacial score (nSPS) is 19.0. The smallest absolute Gasteiger partial charge is 0.126 e. The number of thiazole rings is 1. The number of benzene rings is 1. The first kappa shape index (κ1) is 15.6. The Balaban J connectivity index is 1.49. The first-order valence-electron chi connectivity index (χ1n) is 7.67. The molecule has 1 saturated heterocycles. The quantitative estimate of drug-likeness (QED) is 0.831. The van der Waals surface area contributed by atoms with E-state index in [1.807, 2.05) is 6.92 Å². The van der Waals surface area contributed by atoms with E-state index in [0.717, 1.165) is 61.2 Å². The number of hydrogen-bond acceptors (Lipinski definition) is 3. The average molecular weight is 322 g/mol. The lowest BCUT2D eigenvalue weighted by atomic mass is 9.98. The molecule has 5 heteroatoms. The highest BCUT2D eigenvalue weighted by Gasteiger charge is 2.22. The minimum atomic E-state index is -0.483. The molecule has 1 fully saturated rings. The van der Waals surface area contributed by atoms with Crippen molar-refractivity contribution in [2.75, 3.05) is 19.6 Å². The highest BCUT2D eigenvalue weighted by Crippen LogP contribution is 2.22. The SMILES string of the molecule is Cc1nc(CCN2CCC(Cc3cc(F)cc(F)c3)C2)cs1. The van der Waals surface area contributed by atoms with E-state index < -0.39 is 11.6 Å². The summed E-state index contributed by atoms with van der Waals surface area (Å²) < 4.78 is 26.5. The van der Waals surface area contributed by atoms with Gasteiger partial charge in [-0.25, -0.2) is 13.8 Å². The van der Waals surface area contributed by atoms with Crippen molar-refractivity contribution in [2.45, 2.75) is 26.2 Å². The van der Waals surface area contributed by atoms with E-state index in [2.05, 4.69) is 15.3 Å². The second-order valence-electron chi connectivity index (χ2n) is 6.04. The van der Waals surface area contributed by atoms with E-state index >= 15 is 0 Å². The maximum absolute atomic E-state index is 13.2. The van der Waals surface area contributed by atoms with Gasteiger partial charge in [-0.05, 0) is 49.9 Å². The summed E-state index contributed by atoms with van der Waals surface area (Å²) in [6.07, 6.45) is 2.82. The molecule has 1 aromatic heterocycles. The molecule has 1 unspecified atom stereocenters. The van der Waals surface area contributed by atoms with E-state index in [9.17, 15) is 8.78 Å². The minimum Gasteiger partial charge on any atom is -0.303 e. The fourth-order valence-electron chi connectivity index (χ4n) is 3.14. The summed E-state index contributed by atoms with van der Waals surface area (Å²) in [7, 11) is 0. The third kappa shape index (κ3) is 4.11. The lowest BCUT2D eigenvalue weighted by Gasteiger charge is -2.15. The molecule has 2 nitrogen and oxygen atoms in total. The van der Waals surface area contributed by atoms with Gasteiger partial charge < -0.3 is 4.90 Å². The van der Waals surface area contributed by atoms with Crippen molar-refractivity contribution in [3.8, 4) is 0 Å². The molecule has 0 bridgehead atoms. The number of halogens is 2. The van der Waals surface area contributed by atoms with Gasteiger partial charge in [-0.2, -0.15) is 0 Å². The van der Waals surface area contributed by atoms with E-state index in [0.29, 0.717) is 5.92 Å². The number of hydrogen-bond donors (Lipinski definition) is 0. The van der Waals surface area contributed by atoms with E-state index in [4.69, 9.17) is 0 Å². The minimum absolute atomic E-state index is 0.483. The van der Waals surface area contributed by atoms with Crippen LogP contribution in [0.1, 0.15) is 22.7 Å². The molecule has 0 amide bonds. The summed E-state index contributed by atoms with van der Waals surface area (Å²) in [6.45, 7) is 5.10. The number of likely N-dealkylation sites (tertiary alicyclic amines) is 1. The van der Waals surface area contributed by atoms with Crippen LogP contribution in [0.3, 0.4) is 0 Å². The molecule has 22 heavy (non-hydrogen) atoms. The molecule has 0 saturated carbocycles. The molecule has 0 radical (unpaired) electrons. The zero-order valence-corrected chi connectivity index (χ0v) is 13.5. The van der Waals surface area contributed by atoms with Crippen LogP contribution in [0.25, 0.3) is 0 Å². The predicted molar refractivity (Wildman–Crippen MR) is 85.2 cm³/mol. The van der Waals surface area contributed by atoms with Gasteiger partial charge in [0.2, 0.25) is 0 Å². The van der Waals surface area contributed by atoms with Crippen LogP contribution >= 0.6 is 11.3 Å². The predicted octanol–water partition coefficient (Wildman–Crippen LogP) is 3.84. The van der Waals surface area contributed by atoms with Crippen molar-refractivity contribution in [3.63, 3.8) is 0 Å². The van der Waals surface area contributed by atoms with E-state index in [1.165, 1.54) is 12.1 Å². The maximum atomic E-state index is 13.2. The first-order valence-corrected chi connectivity index (χ1v) is 8.55. The standard InChI is InChI=1S/C17H20F2N2S/c1-12-20-17(11-22-12)3-5-21-4-2-13(10-21)6-14-7-15(18)9-16(19)8-14/h7-9,11,13H,2-6,10H2,1H3. The zero-order chi connectivity index (χ0) is 15.5. The molecule has 0 spiro atoms. The number of aromatic nitrogens is 1. The molecule has 2 heterocycles. The van der Waals surface area contributed by atoms with Crippen molar-refractivity contribution < 1.29 is 8.78 Å². The van der Waals surface area contributed by atoms with Crippen LogP contribution in [0.2, 0.25) is 0 Å². The Hall–Kier alpha value is -1.33.